The predicted octanol–water partition coefficient (Wildman–Crippen LogP) is 1.91. The molecule has 3 aliphatic rings. The Balaban J connectivity index is 1.19. The zero-order chi connectivity index (χ0) is 18.1. The lowest BCUT2D eigenvalue weighted by Crippen LogP contribution is -2.55. The van der Waals surface area contributed by atoms with Crippen LogP contribution in [0.5, 0.6) is 6.01 Å². The highest BCUT2D eigenvalue weighted by molar-refractivity contribution is 5.81. The van der Waals surface area contributed by atoms with Crippen molar-refractivity contribution in [3.05, 3.63) is 78.1 Å². The summed E-state index contributed by atoms with van der Waals surface area (Å²) in [4.78, 5) is 17.4. The molecule has 1 N–H and O–H groups in total. The summed E-state index contributed by atoms with van der Waals surface area (Å²) in [5.74, 6) is 0. The number of ether oxygens (including phenoxy) is 1. The number of nitrogens with zero attached hydrogens (tertiary/aromatic N) is 5. The van der Waals surface area contributed by atoms with Gasteiger partial charge in [0, 0.05) is 56.3 Å². The summed E-state index contributed by atoms with van der Waals surface area (Å²) >= 11 is 0. The molecule has 136 valence electrons. The second kappa shape index (κ2) is 6.85. The predicted molar refractivity (Wildman–Crippen MR) is 102 cm³/mol. The minimum Gasteiger partial charge on any atom is -0.457 e. The number of rotatable bonds is 5. The molecule has 1 unspecified atom stereocenters. The van der Waals surface area contributed by atoms with Gasteiger partial charge in [0.1, 0.15) is 6.10 Å². The number of fused-ring (bicyclic) bond motifs is 1. The molecule has 3 aliphatic heterocycles. The van der Waals surface area contributed by atoms with Crippen molar-refractivity contribution < 1.29 is 4.74 Å². The second-order valence-corrected chi connectivity index (χ2v) is 6.80. The van der Waals surface area contributed by atoms with Crippen molar-refractivity contribution in [2.75, 3.05) is 19.6 Å². The number of likely N-dealkylation sites (tertiary alicyclic amines) is 1. The van der Waals surface area contributed by atoms with E-state index in [1.807, 2.05) is 18.5 Å². The summed E-state index contributed by atoms with van der Waals surface area (Å²) in [6.45, 7) is 2.58. The fourth-order valence-electron chi connectivity index (χ4n) is 3.48. The first-order chi connectivity index (χ1) is 13.3. The molecule has 27 heavy (non-hydrogen) atoms. The van der Waals surface area contributed by atoms with E-state index in [4.69, 9.17) is 4.74 Å². The van der Waals surface area contributed by atoms with Crippen molar-refractivity contribution in [3.8, 4) is 6.01 Å². The van der Waals surface area contributed by atoms with Crippen LogP contribution in [0.15, 0.2) is 77.6 Å². The van der Waals surface area contributed by atoms with Gasteiger partial charge >= 0.3 is 6.01 Å². The molecule has 1 atom stereocenters. The summed E-state index contributed by atoms with van der Waals surface area (Å²) in [5.41, 5.74) is 3.42. The maximum Gasteiger partial charge on any atom is 0.316 e. The Morgan fingerprint density at radius 1 is 1.07 bits per heavy atom. The van der Waals surface area contributed by atoms with Crippen LogP contribution >= 0.6 is 0 Å². The van der Waals surface area contributed by atoms with E-state index >= 15 is 0 Å². The highest BCUT2D eigenvalue weighted by atomic mass is 16.5. The van der Waals surface area contributed by atoms with Crippen molar-refractivity contribution in [2.45, 2.75) is 12.3 Å². The summed E-state index contributed by atoms with van der Waals surface area (Å²) < 4.78 is 5.77. The van der Waals surface area contributed by atoms with Crippen LogP contribution in [-0.4, -0.2) is 51.7 Å². The SMILES string of the molecule is C1=NC(c2ccccc2)N2C=C(CN3CC(Oc4ncccn4)C3)NC=C12. The molecule has 7 nitrogen and oxygen atoms in total. The average Bonchev–Trinajstić information content (AvgIpc) is 3.11. The topological polar surface area (TPSA) is 65.9 Å². The lowest BCUT2D eigenvalue weighted by Gasteiger charge is -2.39. The number of aromatic nitrogens is 2. The first-order valence-electron chi connectivity index (χ1n) is 9.05. The van der Waals surface area contributed by atoms with E-state index in [-0.39, 0.29) is 12.3 Å². The molecular weight excluding hydrogens is 340 g/mol. The first kappa shape index (κ1) is 16.0. The lowest BCUT2D eigenvalue weighted by molar-refractivity contribution is 0.0193. The molecule has 0 saturated carbocycles. The molecule has 1 aromatic carbocycles. The molecule has 1 aromatic heterocycles. The number of benzene rings is 1. The fourth-order valence-corrected chi connectivity index (χ4v) is 3.48. The average molecular weight is 360 g/mol. The number of nitrogens with one attached hydrogen (secondary N) is 1. The molecule has 0 spiro atoms. The van der Waals surface area contributed by atoms with Crippen LogP contribution in [-0.2, 0) is 0 Å². The zero-order valence-electron chi connectivity index (χ0n) is 14.8. The largest absolute Gasteiger partial charge is 0.457 e. The Kier molecular flexibility index (Phi) is 4.06. The molecule has 7 heteroatoms. The maximum absolute atomic E-state index is 5.77. The van der Waals surface area contributed by atoms with Crippen LogP contribution in [0.2, 0.25) is 0 Å². The van der Waals surface area contributed by atoms with Gasteiger partial charge in [-0.1, -0.05) is 30.3 Å². The molecule has 0 bridgehead atoms. The smallest absolute Gasteiger partial charge is 0.316 e. The van der Waals surface area contributed by atoms with Crippen LogP contribution in [0.3, 0.4) is 0 Å². The van der Waals surface area contributed by atoms with Crippen LogP contribution in [0.25, 0.3) is 0 Å². The van der Waals surface area contributed by atoms with Crippen LogP contribution in [0.4, 0.5) is 0 Å². The third kappa shape index (κ3) is 3.29. The van der Waals surface area contributed by atoms with Gasteiger partial charge in [-0.25, -0.2) is 9.97 Å². The maximum atomic E-state index is 5.77. The quantitative estimate of drug-likeness (QED) is 0.879. The number of hydrogen-bond acceptors (Lipinski definition) is 7. The summed E-state index contributed by atoms with van der Waals surface area (Å²) in [6, 6.07) is 12.6. The standard InChI is InChI=1S/C20H20N6O/c1-2-5-15(6-3-1)19-24-10-17-9-23-16(12-26(17)19)11-25-13-18(14-25)27-20-21-7-4-8-22-20/h1-10,12,18-19,23H,11,13-14H2. The highest BCUT2D eigenvalue weighted by Gasteiger charge is 2.31. The molecular formula is C20H20N6O. The molecule has 5 rings (SSSR count). The summed E-state index contributed by atoms with van der Waals surface area (Å²) in [7, 11) is 0. The third-order valence-electron chi connectivity index (χ3n) is 4.84. The first-order valence-corrected chi connectivity index (χ1v) is 9.05. The Hall–Kier alpha value is -3.19. The van der Waals surface area contributed by atoms with E-state index in [2.05, 4.69) is 60.5 Å². The van der Waals surface area contributed by atoms with Gasteiger partial charge in [-0.3, -0.25) is 9.89 Å². The van der Waals surface area contributed by atoms with Gasteiger partial charge in [0.05, 0.1) is 5.70 Å². The zero-order valence-corrected chi connectivity index (χ0v) is 14.8. The molecule has 4 heterocycles. The van der Waals surface area contributed by atoms with Crippen molar-refractivity contribution in [1.29, 1.82) is 0 Å². The Morgan fingerprint density at radius 3 is 2.70 bits per heavy atom. The van der Waals surface area contributed by atoms with E-state index in [0.29, 0.717) is 6.01 Å². The second-order valence-electron chi connectivity index (χ2n) is 6.80. The molecule has 0 aliphatic carbocycles. The van der Waals surface area contributed by atoms with Crippen molar-refractivity contribution >= 4 is 6.21 Å². The van der Waals surface area contributed by atoms with E-state index in [0.717, 1.165) is 31.0 Å². The van der Waals surface area contributed by atoms with Gasteiger partial charge in [0.2, 0.25) is 0 Å². The van der Waals surface area contributed by atoms with E-state index in [1.165, 1.54) is 5.56 Å². The molecule has 0 radical (unpaired) electrons. The van der Waals surface area contributed by atoms with E-state index < -0.39 is 0 Å². The minimum atomic E-state index is 0.0113. The van der Waals surface area contributed by atoms with Gasteiger partial charge in [0.25, 0.3) is 0 Å². The van der Waals surface area contributed by atoms with Crippen LogP contribution in [0.1, 0.15) is 11.7 Å². The van der Waals surface area contributed by atoms with Crippen molar-refractivity contribution in [3.63, 3.8) is 0 Å². The summed E-state index contributed by atoms with van der Waals surface area (Å²) in [5, 5.41) is 3.39. The Morgan fingerprint density at radius 2 is 1.89 bits per heavy atom. The van der Waals surface area contributed by atoms with Crippen LogP contribution < -0.4 is 10.1 Å². The minimum absolute atomic E-state index is 0.0113. The van der Waals surface area contributed by atoms with Gasteiger partial charge in [0.15, 0.2) is 6.17 Å². The van der Waals surface area contributed by atoms with Crippen LogP contribution in [0, 0.1) is 0 Å². The fraction of sp³-hybridized carbons (Fsp3) is 0.250. The van der Waals surface area contributed by atoms with Gasteiger partial charge in [-0.05, 0) is 11.6 Å². The molecule has 1 saturated heterocycles. The molecule has 2 aromatic rings. The van der Waals surface area contributed by atoms with Crippen molar-refractivity contribution in [2.24, 2.45) is 4.99 Å². The molecule has 1 fully saturated rings. The number of allylic oxidation sites excluding steroid dienone is 1. The number of aliphatic imine (C=N–C) groups is 1. The third-order valence-corrected chi connectivity index (χ3v) is 4.84. The van der Waals surface area contributed by atoms with Crippen molar-refractivity contribution in [1.82, 2.24) is 25.1 Å². The summed E-state index contributed by atoms with van der Waals surface area (Å²) in [6.07, 6.45) is 9.65. The monoisotopic (exact) mass is 360 g/mol. The van der Waals surface area contributed by atoms with E-state index in [1.54, 1.807) is 18.5 Å². The highest BCUT2D eigenvalue weighted by Crippen LogP contribution is 2.32. The Labute approximate surface area is 157 Å². The van der Waals surface area contributed by atoms with E-state index in [9.17, 15) is 0 Å². The van der Waals surface area contributed by atoms with Gasteiger partial charge < -0.3 is 15.0 Å². The Bertz CT molecular complexity index is 889. The molecule has 0 amide bonds. The van der Waals surface area contributed by atoms with Gasteiger partial charge in [-0.15, -0.1) is 0 Å². The normalized spacial score (nSPS) is 21.8. The lowest BCUT2D eigenvalue weighted by atomic mass is 10.1. The number of hydrogen-bond donors (Lipinski definition) is 1. The van der Waals surface area contributed by atoms with Gasteiger partial charge in [-0.2, -0.15) is 0 Å².